The highest BCUT2D eigenvalue weighted by atomic mass is 16.6. The largest absolute Gasteiger partial charge is 0.393 e. The van der Waals surface area contributed by atoms with Gasteiger partial charge in [-0.25, -0.2) is 0 Å². The van der Waals surface area contributed by atoms with Gasteiger partial charge in [0.1, 0.15) is 6.20 Å². The Morgan fingerprint density at radius 1 is 1.56 bits per heavy atom. The van der Waals surface area contributed by atoms with E-state index in [1.807, 2.05) is 0 Å². The Labute approximate surface area is 104 Å². The summed E-state index contributed by atoms with van der Waals surface area (Å²) in [4.78, 5) is 14.3. The molecule has 1 saturated carbocycles. The lowest BCUT2D eigenvalue weighted by molar-refractivity contribution is -0.386. The summed E-state index contributed by atoms with van der Waals surface area (Å²) < 4.78 is 5.94. The van der Waals surface area contributed by atoms with Crippen LogP contribution in [0.25, 0.3) is 0 Å². The van der Waals surface area contributed by atoms with Crippen LogP contribution >= 0.6 is 0 Å². The van der Waals surface area contributed by atoms with Gasteiger partial charge in [-0.2, -0.15) is 0 Å². The molecule has 1 spiro atoms. The highest BCUT2D eigenvalue weighted by molar-refractivity contribution is 5.39. The highest BCUT2D eigenvalue weighted by Gasteiger charge is 2.51. The average Bonchev–Trinajstić information content (AvgIpc) is 3.07. The van der Waals surface area contributed by atoms with Crippen LogP contribution in [0.3, 0.4) is 0 Å². The van der Waals surface area contributed by atoms with Crippen LogP contribution in [0, 0.1) is 10.1 Å². The molecule has 2 atom stereocenters. The second-order valence-corrected chi connectivity index (χ2v) is 5.07. The molecular weight excluding hydrogens is 236 g/mol. The van der Waals surface area contributed by atoms with Crippen molar-refractivity contribution >= 4 is 5.69 Å². The summed E-state index contributed by atoms with van der Waals surface area (Å²) in [7, 11) is 0. The van der Waals surface area contributed by atoms with E-state index in [0.717, 1.165) is 12.8 Å². The maximum Gasteiger partial charge on any atom is 0.293 e. The first-order valence-electron chi connectivity index (χ1n) is 6.04. The molecule has 6 heteroatoms. The molecular formula is C12H14N2O4. The molecule has 1 aromatic rings. The van der Waals surface area contributed by atoms with Crippen molar-refractivity contribution in [1.82, 2.24) is 4.98 Å². The quantitative estimate of drug-likeness (QED) is 0.638. The minimum atomic E-state index is -0.452. The second kappa shape index (κ2) is 4.00. The molecule has 1 aromatic heterocycles. The molecule has 1 saturated heterocycles. The Hall–Kier alpha value is -1.53. The van der Waals surface area contributed by atoms with Gasteiger partial charge in [0.05, 0.1) is 28.3 Å². The average molecular weight is 250 g/mol. The molecule has 1 aliphatic carbocycles. The maximum atomic E-state index is 11.0. The SMILES string of the molecule is O=[N+]([O-])c1cnccc1C1CC(O)CC2(CC2)O1. The van der Waals surface area contributed by atoms with Crippen LogP contribution in [-0.2, 0) is 4.74 Å². The third-order valence-electron chi connectivity index (χ3n) is 3.67. The monoisotopic (exact) mass is 250 g/mol. The molecule has 6 nitrogen and oxygen atoms in total. The van der Waals surface area contributed by atoms with Gasteiger partial charge in [-0.05, 0) is 18.9 Å². The van der Waals surface area contributed by atoms with E-state index in [9.17, 15) is 15.2 Å². The maximum absolute atomic E-state index is 11.0. The number of hydrogen-bond donors (Lipinski definition) is 1. The number of hydrogen-bond acceptors (Lipinski definition) is 5. The molecule has 1 aliphatic heterocycles. The normalized spacial score (nSPS) is 29.2. The Morgan fingerprint density at radius 3 is 3.00 bits per heavy atom. The summed E-state index contributed by atoms with van der Waals surface area (Å²) >= 11 is 0. The smallest absolute Gasteiger partial charge is 0.293 e. The first-order chi connectivity index (χ1) is 8.60. The van der Waals surface area contributed by atoms with E-state index < -0.39 is 17.1 Å². The molecule has 96 valence electrons. The number of aliphatic hydroxyl groups is 1. The van der Waals surface area contributed by atoms with Crippen molar-refractivity contribution in [3.05, 3.63) is 34.1 Å². The predicted octanol–water partition coefficient (Wildman–Crippen LogP) is 1.73. The Bertz CT molecular complexity index is 487. The van der Waals surface area contributed by atoms with Gasteiger partial charge in [-0.15, -0.1) is 0 Å². The van der Waals surface area contributed by atoms with Crippen molar-refractivity contribution in [3.8, 4) is 0 Å². The van der Waals surface area contributed by atoms with Crippen molar-refractivity contribution in [2.24, 2.45) is 0 Å². The van der Waals surface area contributed by atoms with Crippen molar-refractivity contribution in [2.45, 2.75) is 43.5 Å². The molecule has 2 aliphatic rings. The topological polar surface area (TPSA) is 85.5 Å². The van der Waals surface area contributed by atoms with E-state index >= 15 is 0 Å². The molecule has 2 unspecified atom stereocenters. The molecule has 18 heavy (non-hydrogen) atoms. The summed E-state index contributed by atoms with van der Waals surface area (Å²) in [5.74, 6) is 0. The number of rotatable bonds is 2. The molecule has 0 bridgehead atoms. The Morgan fingerprint density at radius 2 is 2.33 bits per heavy atom. The van der Waals surface area contributed by atoms with Crippen molar-refractivity contribution in [3.63, 3.8) is 0 Å². The number of ether oxygens (including phenoxy) is 1. The summed E-state index contributed by atoms with van der Waals surface area (Å²) in [5, 5.41) is 20.9. The molecule has 0 amide bonds. The molecule has 3 rings (SSSR count). The first kappa shape index (κ1) is 11.6. The summed E-state index contributed by atoms with van der Waals surface area (Å²) in [6.45, 7) is 0. The molecule has 1 N–H and O–H groups in total. The van der Waals surface area contributed by atoms with Crippen molar-refractivity contribution in [1.29, 1.82) is 0 Å². The fourth-order valence-corrected chi connectivity index (χ4v) is 2.63. The van der Waals surface area contributed by atoms with Gasteiger partial charge < -0.3 is 9.84 Å². The van der Waals surface area contributed by atoms with Crippen LogP contribution < -0.4 is 0 Å². The first-order valence-corrected chi connectivity index (χ1v) is 6.04. The van der Waals surface area contributed by atoms with Gasteiger partial charge in [0.2, 0.25) is 0 Å². The second-order valence-electron chi connectivity index (χ2n) is 5.07. The van der Waals surface area contributed by atoms with E-state index in [1.54, 1.807) is 6.07 Å². The lowest BCUT2D eigenvalue weighted by Gasteiger charge is -2.33. The van der Waals surface area contributed by atoms with Crippen LogP contribution in [0.2, 0.25) is 0 Å². The number of nitro groups is 1. The Balaban J connectivity index is 1.92. The number of nitrogens with zero attached hydrogens (tertiary/aromatic N) is 2. The van der Waals surface area contributed by atoms with Crippen LogP contribution in [0.1, 0.15) is 37.4 Å². The minimum Gasteiger partial charge on any atom is -0.393 e. The zero-order chi connectivity index (χ0) is 12.8. The van der Waals surface area contributed by atoms with E-state index in [-0.39, 0.29) is 11.3 Å². The third kappa shape index (κ3) is 1.97. The van der Waals surface area contributed by atoms with E-state index in [0.29, 0.717) is 18.4 Å². The summed E-state index contributed by atoms with van der Waals surface area (Å²) in [6.07, 6.45) is 4.82. The number of pyridine rings is 1. The highest BCUT2D eigenvalue weighted by Crippen LogP contribution is 2.52. The lowest BCUT2D eigenvalue weighted by atomic mass is 9.95. The van der Waals surface area contributed by atoms with Gasteiger partial charge in [-0.1, -0.05) is 0 Å². The van der Waals surface area contributed by atoms with Gasteiger partial charge in [0.15, 0.2) is 0 Å². The zero-order valence-electron chi connectivity index (χ0n) is 9.78. The number of aliphatic hydroxyl groups excluding tert-OH is 1. The fourth-order valence-electron chi connectivity index (χ4n) is 2.63. The van der Waals surface area contributed by atoms with Crippen LogP contribution in [0.15, 0.2) is 18.5 Å². The standard InChI is InChI=1S/C12H14N2O4/c15-8-5-11(18-12(6-8)2-3-12)9-1-4-13-7-10(9)14(16)17/h1,4,7-8,11,15H,2-3,5-6H2. The van der Waals surface area contributed by atoms with Crippen molar-refractivity contribution < 1.29 is 14.8 Å². The minimum absolute atomic E-state index is 0.0348. The summed E-state index contributed by atoms with van der Waals surface area (Å²) in [6, 6.07) is 1.61. The van der Waals surface area contributed by atoms with Gasteiger partial charge in [0.25, 0.3) is 5.69 Å². The van der Waals surface area contributed by atoms with E-state index in [4.69, 9.17) is 4.74 Å². The third-order valence-corrected chi connectivity index (χ3v) is 3.67. The molecule has 0 aromatic carbocycles. The van der Waals surface area contributed by atoms with Crippen LogP contribution in [0.5, 0.6) is 0 Å². The fraction of sp³-hybridized carbons (Fsp3) is 0.583. The van der Waals surface area contributed by atoms with Crippen molar-refractivity contribution in [2.75, 3.05) is 0 Å². The van der Waals surface area contributed by atoms with Crippen LogP contribution in [0.4, 0.5) is 5.69 Å². The predicted molar refractivity (Wildman–Crippen MR) is 61.9 cm³/mol. The molecule has 0 radical (unpaired) electrons. The molecule has 2 heterocycles. The zero-order valence-corrected chi connectivity index (χ0v) is 9.78. The number of aromatic nitrogens is 1. The van der Waals surface area contributed by atoms with Gasteiger partial charge >= 0.3 is 0 Å². The molecule has 2 fully saturated rings. The summed E-state index contributed by atoms with van der Waals surface area (Å²) in [5.41, 5.74) is 0.242. The Kier molecular flexibility index (Phi) is 2.57. The van der Waals surface area contributed by atoms with Gasteiger partial charge in [0, 0.05) is 19.0 Å². The van der Waals surface area contributed by atoms with E-state index in [1.165, 1.54) is 12.4 Å². The van der Waals surface area contributed by atoms with Gasteiger partial charge in [-0.3, -0.25) is 15.1 Å². The van der Waals surface area contributed by atoms with E-state index in [2.05, 4.69) is 4.98 Å². The lowest BCUT2D eigenvalue weighted by Crippen LogP contribution is -2.33. The van der Waals surface area contributed by atoms with Crippen LogP contribution in [-0.4, -0.2) is 26.7 Å².